The zero-order chi connectivity index (χ0) is 66.2. The molecule has 0 saturated carbocycles. The Morgan fingerprint density at radius 3 is 1.14 bits per heavy atom. The van der Waals surface area contributed by atoms with Crippen LogP contribution in [0.4, 0.5) is 23.0 Å². The van der Waals surface area contributed by atoms with Crippen LogP contribution in [0.15, 0.2) is 128 Å². The zero-order valence-corrected chi connectivity index (χ0v) is 52.6. The Kier molecular flexibility index (Phi) is 24.4. The molecule has 6 unspecified atom stereocenters. The van der Waals surface area contributed by atoms with Gasteiger partial charge in [0.25, 0.3) is 11.1 Å². The lowest BCUT2D eigenvalue weighted by atomic mass is 10.2. The number of benzene rings is 4. The summed E-state index contributed by atoms with van der Waals surface area (Å²) in [5, 5.41) is 68.7. The molecule has 0 amide bonds. The summed E-state index contributed by atoms with van der Waals surface area (Å²) in [6, 6.07) is 33.5. The van der Waals surface area contributed by atoms with E-state index in [-0.39, 0.29) is 75.7 Å². The molecule has 6 aromatic rings. The molecule has 0 bridgehead atoms. The standard InChI is InChI=1S/C64H84N10O18/c1-7-9-29-69(33-47(77)39-89-51-27-19-17-25-49(51)87-37-43-21-13-11-14-22-43)31-45(75)35-71-59(81)53-57(67(5)63(71)85)73(41-65(53)3)91-61(83)55(79)56(80)62(84)92-74-42-66(4)54-58(74)68(6)64(86)72(60(54)82)36-46(76)32-70(30-10-8-2)34-48(78)40-90-52-28-20-18-26-50(52)88-38-44-23-15-12-16-24-44/h11-28,45-48,55-56,75-80H,7-10,29-42H2,1-6H3. The van der Waals surface area contributed by atoms with Crippen molar-refractivity contribution in [3.05, 3.63) is 162 Å². The largest absolute Gasteiger partial charge is 0.487 e. The average Bonchev–Trinajstić information content (AvgIpc) is 1.57. The molecule has 92 heavy (non-hydrogen) atoms. The normalized spacial score (nSPS) is 14.8. The van der Waals surface area contributed by atoms with Crippen LogP contribution in [-0.4, -0.2) is 187 Å². The number of anilines is 4. The van der Waals surface area contributed by atoms with Crippen molar-refractivity contribution in [1.29, 1.82) is 0 Å². The number of fused-ring (bicyclic) bond motifs is 2. The molecule has 2 aliphatic heterocycles. The van der Waals surface area contributed by atoms with Gasteiger partial charge >= 0.3 is 23.3 Å². The predicted octanol–water partition coefficient (Wildman–Crippen LogP) is 1.14. The predicted molar refractivity (Wildman–Crippen MR) is 340 cm³/mol. The summed E-state index contributed by atoms with van der Waals surface area (Å²) in [5.74, 6) is -1.78. The molecule has 0 aliphatic carbocycles. The van der Waals surface area contributed by atoms with E-state index in [0.29, 0.717) is 62.1 Å². The second kappa shape index (κ2) is 32.5. The number of aromatic nitrogens is 4. The van der Waals surface area contributed by atoms with Gasteiger partial charge < -0.3 is 69.1 Å². The van der Waals surface area contributed by atoms with E-state index in [1.165, 1.54) is 38.0 Å². The molecule has 0 fully saturated rings. The minimum Gasteiger partial charge on any atom is -0.487 e. The molecular weight excluding hydrogens is 1200 g/mol. The van der Waals surface area contributed by atoms with Gasteiger partial charge in [0, 0.05) is 54.4 Å². The molecule has 498 valence electrons. The first-order chi connectivity index (χ1) is 44.2. The number of unbranched alkanes of at least 4 members (excludes halogenated alkanes) is 2. The van der Waals surface area contributed by atoms with E-state index in [2.05, 4.69) is 0 Å². The van der Waals surface area contributed by atoms with Crippen LogP contribution in [-0.2, 0) is 59.7 Å². The van der Waals surface area contributed by atoms with E-state index in [4.69, 9.17) is 28.6 Å². The van der Waals surface area contributed by atoms with Crippen LogP contribution in [0.1, 0.15) is 50.7 Å². The molecule has 8 rings (SSSR count). The number of carbonyl (C=O) groups excluding carboxylic acids is 2. The molecule has 2 aliphatic rings. The number of rotatable bonds is 35. The Labute approximate surface area is 531 Å². The lowest BCUT2D eigenvalue weighted by molar-refractivity contribution is -0.174. The maximum absolute atomic E-state index is 14.1. The van der Waals surface area contributed by atoms with Crippen LogP contribution in [0.25, 0.3) is 0 Å². The first-order valence-electron chi connectivity index (χ1n) is 30.6. The van der Waals surface area contributed by atoms with Gasteiger partial charge in [-0.1, -0.05) is 112 Å². The first-order valence-corrected chi connectivity index (χ1v) is 30.6. The average molecular weight is 1280 g/mol. The van der Waals surface area contributed by atoms with Gasteiger partial charge in [-0.3, -0.25) is 37.7 Å². The molecule has 28 nitrogen and oxygen atoms in total. The van der Waals surface area contributed by atoms with E-state index in [0.717, 1.165) is 52.4 Å². The number of hydrogen-bond donors (Lipinski definition) is 6. The SMILES string of the molecule is CCCCN(CC(O)COc1ccccc1OCc1ccccc1)CC(O)Cn1c(=O)c2c(n(C)c1=O)N(OC(=O)C(O)C(O)C(=O)ON1CN(C)c3c1n(C)c(=O)n(CC(O)CN(CCCC)CC(O)COc1ccccc1OCc1ccccc1)c3=O)CN2C. The molecule has 2 aromatic heterocycles. The number of aliphatic hydroxyl groups is 6. The van der Waals surface area contributed by atoms with Crippen LogP contribution in [0.3, 0.4) is 0 Å². The van der Waals surface area contributed by atoms with Gasteiger partial charge in [-0.05, 0) is 61.3 Å². The summed E-state index contributed by atoms with van der Waals surface area (Å²) in [5.41, 5.74) is -1.84. The summed E-state index contributed by atoms with van der Waals surface area (Å²) < 4.78 is 27.6. The molecule has 6 N–H and O–H groups in total. The van der Waals surface area contributed by atoms with E-state index >= 15 is 0 Å². The highest BCUT2D eigenvalue weighted by Crippen LogP contribution is 2.33. The second-order valence-electron chi connectivity index (χ2n) is 22.9. The first kappa shape index (κ1) is 69.2. The molecule has 4 aromatic carbocycles. The smallest absolute Gasteiger partial charge is 0.364 e. The van der Waals surface area contributed by atoms with Crippen LogP contribution in [0.5, 0.6) is 23.0 Å². The van der Waals surface area contributed by atoms with Gasteiger partial charge in [0.15, 0.2) is 46.8 Å². The van der Waals surface area contributed by atoms with E-state index in [1.54, 1.807) is 36.4 Å². The molecular formula is C64H84N10O18. The zero-order valence-electron chi connectivity index (χ0n) is 52.6. The number of carbonyl (C=O) groups is 2. The highest BCUT2D eigenvalue weighted by Gasteiger charge is 2.42. The second-order valence-corrected chi connectivity index (χ2v) is 22.9. The van der Waals surface area contributed by atoms with Crippen molar-refractivity contribution in [3.63, 3.8) is 0 Å². The summed E-state index contributed by atoms with van der Waals surface area (Å²) >= 11 is 0. The Morgan fingerprint density at radius 1 is 0.467 bits per heavy atom. The monoisotopic (exact) mass is 1280 g/mol. The van der Waals surface area contributed by atoms with Gasteiger partial charge in [0.1, 0.15) is 63.3 Å². The van der Waals surface area contributed by atoms with E-state index in [9.17, 15) is 59.4 Å². The maximum Gasteiger partial charge on any atom is 0.364 e. The summed E-state index contributed by atoms with van der Waals surface area (Å²) in [6.07, 6.45) is -6.80. The topological polar surface area (TPSA) is 318 Å². The van der Waals surface area contributed by atoms with Crippen molar-refractivity contribution in [2.24, 2.45) is 14.1 Å². The van der Waals surface area contributed by atoms with Gasteiger partial charge in [-0.25, -0.2) is 19.2 Å². The van der Waals surface area contributed by atoms with Gasteiger partial charge in [-0.2, -0.15) is 10.1 Å². The van der Waals surface area contributed by atoms with Crippen LogP contribution < -0.4 is 61.4 Å². The number of ether oxygens (including phenoxy) is 4. The van der Waals surface area contributed by atoms with E-state index < -0.39 is 84.1 Å². The molecule has 0 spiro atoms. The minimum absolute atomic E-state index is 0.0393. The summed E-state index contributed by atoms with van der Waals surface area (Å²) in [6.45, 7) is 3.78. The maximum atomic E-state index is 14.1. The third-order valence-electron chi connectivity index (χ3n) is 15.4. The van der Waals surface area contributed by atoms with Crippen molar-refractivity contribution in [3.8, 4) is 23.0 Å². The van der Waals surface area contributed by atoms with Crippen LogP contribution in [0, 0.1) is 0 Å². The summed E-state index contributed by atoms with van der Waals surface area (Å²) in [7, 11) is 5.49. The number of para-hydroxylation sites is 4. The fourth-order valence-corrected chi connectivity index (χ4v) is 10.8. The highest BCUT2D eigenvalue weighted by molar-refractivity contribution is 5.87. The Balaban J connectivity index is 0.849. The third-order valence-corrected chi connectivity index (χ3v) is 15.4. The van der Waals surface area contributed by atoms with Crippen molar-refractivity contribution in [2.75, 3.05) is 99.8 Å². The van der Waals surface area contributed by atoms with Gasteiger partial charge in [0.2, 0.25) is 0 Å². The Morgan fingerprint density at radius 2 is 0.793 bits per heavy atom. The molecule has 0 radical (unpaired) electrons. The summed E-state index contributed by atoms with van der Waals surface area (Å²) in [4.78, 5) is 100. The third kappa shape index (κ3) is 17.4. The number of hydroxylamine groups is 2. The van der Waals surface area contributed by atoms with Crippen LogP contribution >= 0.6 is 0 Å². The van der Waals surface area contributed by atoms with Crippen molar-refractivity contribution in [2.45, 2.75) is 102 Å². The lowest BCUT2D eigenvalue weighted by Crippen LogP contribution is -2.48. The quantitative estimate of drug-likeness (QED) is 0.0325. The fraction of sp³-hybridized carbons (Fsp3) is 0.469. The van der Waals surface area contributed by atoms with Gasteiger partial charge in [0.05, 0.1) is 25.3 Å². The molecule has 0 saturated heterocycles. The Bertz CT molecular complexity index is 3430. The fourth-order valence-electron chi connectivity index (χ4n) is 10.8. The molecule has 4 heterocycles. The van der Waals surface area contributed by atoms with Gasteiger partial charge in [-0.15, -0.1) is 0 Å². The minimum atomic E-state index is -2.62. The number of aliphatic hydroxyl groups excluding tert-OH is 6. The van der Waals surface area contributed by atoms with Crippen molar-refractivity contribution >= 4 is 34.9 Å². The van der Waals surface area contributed by atoms with E-state index in [1.807, 2.05) is 96.4 Å². The molecule has 6 atom stereocenters. The highest BCUT2D eigenvalue weighted by atomic mass is 16.7. The molecule has 28 heteroatoms. The van der Waals surface area contributed by atoms with Crippen molar-refractivity contribution in [1.82, 2.24) is 28.1 Å². The number of hydrogen-bond acceptors (Lipinski definition) is 24. The lowest BCUT2D eigenvalue weighted by Gasteiger charge is -2.28. The van der Waals surface area contributed by atoms with Crippen LogP contribution in [0.2, 0.25) is 0 Å². The number of nitrogens with zero attached hydrogens (tertiary/aromatic N) is 10. The Hall–Kier alpha value is -8.74. The van der Waals surface area contributed by atoms with Crippen molar-refractivity contribution < 1.29 is 68.9 Å².